The summed E-state index contributed by atoms with van der Waals surface area (Å²) in [5.41, 5.74) is 3.00. The molecule has 0 unspecified atom stereocenters. The van der Waals surface area contributed by atoms with E-state index < -0.39 is 38.3 Å². The van der Waals surface area contributed by atoms with Gasteiger partial charge in [-0.15, -0.1) is 0 Å². The molecule has 14 nitrogen and oxygen atoms in total. The molecule has 0 amide bonds. The molecule has 7 N–H and O–H groups in total. The van der Waals surface area contributed by atoms with E-state index in [0.717, 1.165) is 0 Å². The van der Waals surface area contributed by atoms with Gasteiger partial charge < -0.3 is 15.6 Å². The van der Waals surface area contributed by atoms with Crippen LogP contribution in [0.1, 0.15) is 22.6 Å². The number of fused-ring (bicyclic) bond motifs is 2. The normalized spacial score (nSPS) is 12.9. The standard InChI is InChI=1S/C28H22N6O8S/c1-42-19-11-2-13(12-18(19)35)20-21-23(30-27(38)32-25(21)36)34(24-22(20)26(37)33-28(39)31-24)15-5-9-17(10-6-15)43(40,41)16-7-3-14(29)4-8-16/h2-12,20,35H,29H2,1H3,(H2,30,32,36,38)(H2,31,33,37,39). The van der Waals surface area contributed by atoms with Crippen molar-refractivity contribution < 1.29 is 18.3 Å². The third kappa shape index (κ3) is 4.47. The van der Waals surface area contributed by atoms with E-state index >= 15 is 0 Å². The van der Waals surface area contributed by atoms with E-state index in [2.05, 4.69) is 19.9 Å². The molecule has 1 aliphatic heterocycles. The second-order valence-corrected chi connectivity index (χ2v) is 11.6. The van der Waals surface area contributed by atoms with E-state index in [9.17, 15) is 32.7 Å². The number of phenolic OH excluding ortho intramolecular Hbond substituents is 1. The van der Waals surface area contributed by atoms with Crippen LogP contribution in [-0.4, -0.2) is 40.6 Å². The number of rotatable bonds is 5. The zero-order valence-electron chi connectivity index (χ0n) is 22.2. The number of nitrogens with one attached hydrogen (secondary N) is 4. The summed E-state index contributed by atoms with van der Waals surface area (Å²) < 4.78 is 31.5. The molecule has 0 aliphatic carbocycles. The van der Waals surface area contributed by atoms with Crippen LogP contribution >= 0.6 is 0 Å². The van der Waals surface area contributed by atoms with Crippen molar-refractivity contribution in [2.45, 2.75) is 15.7 Å². The summed E-state index contributed by atoms with van der Waals surface area (Å²) in [4.78, 5) is 62.4. The fraction of sp³-hybridized carbons (Fsp3) is 0.0714. The summed E-state index contributed by atoms with van der Waals surface area (Å²) in [5.74, 6) is -1.47. The number of sulfone groups is 1. The number of hydrogen-bond acceptors (Lipinski definition) is 10. The molecule has 1 aliphatic rings. The van der Waals surface area contributed by atoms with E-state index in [0.29, 0.717) is 5.69 Å². The summed E-state index contributed by atoms with van der Waals surface area (Å²) >= 11 is 0. The molecule has 0 radical (unpaired) electrons. The average Bonchev–Trinajstić information content (AvgIpc) is 2.96. The number of benzene rings is 3. The number of nitrogen functional groups attached to an aromatic ring is 1. The highest BCUT2D eigenvalue weighted by Gasteiger charge is 2.39. The van der Waals surface area contributed by atoms with E-state index in [1.165, 1.54) is 78.7 Å². The molecule has 2 aromatic heterocycles. The maximum atomic E-state index is 13.3. The van der Waals surface area contributed by atoms with Gasteiger partial charge in [-0.3, -0.25) is 34.4 Å². The van der Waals surface area contributed by atoms with Gasteiger partial charge in [0.2, 0.25) is 9.84 Å². The van der Waals surface area contributed by atoms with Crippen molar-refractivity contribution in [2.24, 2.45) is 0 Å². The Morgan fingerprint density at radius 1 is 0.767 bits per heavy atom. The van der Waals surface area contributed by atoms with Gasteiger partial charge in [0.15, 0.2) is 11.5 Å². The molecule has 0 spiro atoms. The van der Waals surface area contributed by atoms with Gasteiger partial charge in [-0.05, 0) is 66.2 Å². The van der Waals surface area contributed by atoms with Crippen molar-refractivity contribution in [3.05, 3.63) is 125 Å². The van der Waals surface area contributed by atoms with Crippen LogP contribution in [0.5, 0.6) is 11.5 Å². The van der Waals surface area contributed by atoms with Gasteiger partial charge >= 0.3 is 11.4 Å². The summed E-state index contributed by atoms with van der Waals surface area (Å²) in [6, 6.07) is 15.4. The van der Waals surface area contributed by atoms with Crippen molar-refractivity contribution in [1.29, 1.82) is 0 Å². The first kappa shape index (κ1) is 27.3. The van der Waals surface area contributed by atoms with Crippen LogP contribution in [0.4, 0.5) is 23.0 Å². The molecular formula is C28H22N6O8S. The molecule has 5 aromatic rings. The Labute approximate surface area is 241 Å². The number of anilines is 4. The third-order valence-corrected chi connectivity index (χ3v) is 8.86. The summed E-state index contributed by atoms with van der Waals surface area (Å²) in [5, 5.41) is 10.5. The fourth-order valence-electron chi connectivity index (χ4n) is 5.15. The van der Waals surface area contributed by atoms with Crippen LogP contribution in [0.15, 0.2) is 95.7 Å². The number of ether oxygens (including phenoxy) is 1. The minimum Gasteiger partial charge on any atom is -0.504 e. The van der Waals surface area contributed by atoms with Gasteiger partial charge in [0.1, 0.15) is 11.6 Å². The molecule has 0 saturated heterocycles. The largest absolute Gasteiger partial charge is 0.504 e. The van der Waals surface area contributed by atoms with E-state index in [-0.39, 0.29) is 55.3 Å². The van der Waals surface area contributed by atoms with Crippen LogP contribution in [-0.2, 0) is 9.84 Å². The molecule has 43 heavy (non-hydrogen) atoms. The van der Waals surface area contributed by atoms with Crippen LogP contribution in [0.25, 0.3) is 0 Å². The van der Waals surface area contributed by atoms with Crippen molar-refractivity contribution in [3.8, 4) is 11.5 Å². The molecule has 218 valence electrons. The smallest absolute Gasteiger partial charge is 0.327 e. The number of nitrogens with two attached hydrogens (primary N) is 1. The Bertz CT molecular complexity index is 2180. The molecule has 0 atom stereocenters. The monoisotopic (exact) mass is 602 g/mol. The molecule has 0 fully saturated rings. The van der Waals surface area contributed by atoms with Gasteiger partial charge in [-0.25, -0.2) is 18.0 Å². The number of aromatic nitrogens is 4. The van der Waals surface area contributed by atoms with Crippen molar-refractivity contribution in [2.75, 3.05) is 17.7 Å². The predicted molar refractivity (Wildman–Crippen MR) is 156 cm³/mol. The maximum absolute atomic E-state index is 13.3. The lowest BCUT2D eigenvalue weighted by atomic mass is 9.83. The van der Waals surface area contributed by atoms with Gasteiger partial charge in [0.25, 0.3) is 11.1 Å². The fourth-order valence-corrected chi connectivity index (χ4v) is 6.41. The van der Waals surface area contributed by atoms with Gasteiger partial charge in [0.05, 0.1) is 33.9 Å². The summed E-state index contributed by atoms with van der Waals surface area (Å²) in [6.07, 6.45) is 0. The number of H-pyrrole nitrogens is 4. The number of methoxy groups -OCH3 is 1. The first-order valence-corrected chi connectivity index (χ1v) is 14.1. The molecule has 3 aromatic carbocycles. The lowest BCUT2D eigenvalue weighted by Crippen LogP contribution is -2.40. The Morgan fingerprint density at radius 2 is 1.28 bits per heavy atom. The van der Waals surface area contributed by atoms with Crippen molar-refractivity contribution in [1.82, 2.24) is 19.9 Å². The zero-order chi connectivity index (χ0) is 30.6. The third-order valence-electron chi connectivity index (χ3n) is 7.07. The lowest BCUT2D eigenvalue weighted by Gasteiger charge is -2.35. The minimum absolute atomic E-state index is 0.0143. The Morgan fingerprint density at radius 3 is 1.77 bits per heavy atom. The SMILES string of the molecule is COc1ccc(C2c3c([nH]c(=O)[nH]c3=O)N(c3ccc(S(=O)(=O)c4ccc(N)cc4)cc3)c3[nH]c(=O)[nH]c(=O)c32)cc1O. The molecule has 0 saturated carbocycles. The molecule has 3 heterocycles. The van der Waals surface area contributed by atoms with Gasteiger partial charge in [-0.1, -0.05) is 6.07 Å². The van der Waals surface area contributed by atoms with Crippen molar-refractivity contribution >= 4 is 32.8 Å². The number of phenols is 1. The highest BCUT2D eigenvalue weighted by atomic mass is 32.2. The topological polar surface area (TPSA) is 224 Å². The minimum atomic E-state index is -3.94. The second-order valence-electron chi connectivity index (χ2n) is 9.61. The van der Waals surface area contributed by atoms with Crippen LogP contribution in [0.3, 0.4) is 0 Å². The van der Waals surface area contributed by atoms with Gasteiger partial charge in [0, 0.05) is 11.4 Å². The second kappa shape index (κ2) is 9.92. The van der Waals surface area contributed by atoms with Crippen LogP contribution < -0.4 is 37.9 Å². The van der Waals surface area contributed by atoms with Crippen LogP contribution in [0.2, 0.25) is 0 Å². The van der Waals surface area contributed by atoms with E-state index in [1.54, 1.807) is 0 Å². The first-order valence-electron chi connectivity index (χ1n) is 12.6. The highest BCUT2D eigenvalue weighted by molar-refractivity contribution is 7.91. The number of aromatic amines is 4. The molecule has 6 rings (SSSR count). The molecule has 15 heteroatoms. The van der Waals surface area contributed by atoms with E-state index in [4.69, 9.17) is 10.5 Å². The Kier molecular flexibility index (Phi) is 6.31. The number of aromatic hydroxyl groups is 1. The highest BCUT2D eigenvalue weighted by Crippen LogP contribution is 2.47. The first-order chi connectivity index (χ1) is 20.5. The average molecular weight is 603 g/mol. The van der Waals surface area contributed by atoms with Crippen molar-refractivity contribution in [3.63, 3.8) is 0 Å². The Balaban J connectivity index is 1.58. The quantitative estimate of drug-likeness (QED) is 0.156. The van der Waals surface area contributed by atoms with E-state index in [1.807, 2.05) is 0 Å². The number of hydrogen-bond donors (Lipinski definition) is 6. The van der Waals surface area contributed by atoms with Crippen LogP contribution in [0, 0.1) is 0 Å². The summed E-state index contributed by atoms with van der Waals surface area (Å²) in [7, 11) is -2.58. The summed E-state index contributed by atoms with van der Waals surface area (Å²) in [6.45, 7) is 0. The predicted octanol–water partition coefficient (Wildman–Crippen LogP) is 1.53. The zero-order valence-corrected chi connectivity index (χ0v) is 23.0. The number of nitrogens with zero attached hydrogens (tertiary/aromatic N) is 1. The lowest BCUT2D eigenvalue weighted by molar-refractivity contribution is 0.373. The Hall–Kier alpha value is -5.83. The van der Waals surface area contributed by atoms with Gasteiger partial charge in [-0.2, -0.15) is 0 Å². The maximum Gasteiger partial charge on any atom is 0.327 e. The molecule has 0 bridgehead atoms. The molecular weight excluding hydrogens is 580 g/mol.